The fourth-order valence-electron chi connectivity index (χ4n) is 2.78. The van der Waals surface area contributed by atoms with Gasteiger partial charge in [-0.25, -0.2) is 4.79 Å². The molecule has 1 fully saturated rings. The maximum atomic E-state index is 12.6. The molecule has 136 valence electrons. The predicted octanol–water partition coefficient (Wildman–Crippen LogP) is -1.20. The molecule has 0 aliphatic carbocycles. The summed E-state index contributed by atoms with van der Waals surface area (Å²) in [5, 5.41) is 11.6. The van der Waals surface area contributed by atoms with Crippen molar-refractivity contribution in [2.24, 2.45) is 17.4 Å². The van der Waals surface area contributed by atoms with Gasteiger partial charge in [0.1, 0.15) is 12.1 Å². The summed E-state index contributed by atoms with van der Waals surface area (Å²) < 4.78 is 0. The van der Waals surface area contributed by atoms with Crippen LogP contribution in [0.15, 0.2) is 0 Å². The lowest BCUT2D eigenvalue weighted by Gasteiger charge is -2.27. The molecule has 9 nitrogen and oxygen atoms in total. The fraction of sp³-hybridized carbons (Fsp3) is 0.733. The summed E-state index contributed by atoms with van der Waals surface area (Å²) in [5.41, 5.74) is 10.9. The number of primary amides is 1. The van der Waals surface area contributed by atoms with E-state index in [1.165, 1.54) is 4.90 Å². The number of carbonyl (C=O) groups is 4. The van der Waals surface area contributed by atoms with E-state index in [1.54, 1.807) is 0 Å². The molecule has 24 heavy (non-hydrogen) atoms. The van der Waals surface area contributed by atoms with E-state index in [4.69, 9.17) is 11.5 Å². The zero-order valence-corrected chi connectivity index (χ0v) is 14.0. The minimum atomic E-state index is -1.20. The van der Waals surface area contributed by atoms with Crippen LogP contribution in [-0.4, -0.2) is 58.4 Å². The quantitative estimate of drug-likeness (QED) is 0.434. The highest BCUT2D eigenvalue weighted by Gasteiger charge is 2.38. The third kappa shape index (κ3) is 5.48. The van der Waals surface area contributed by atoms with E-state index in [0.717, 1.165) is 0 Å². The Hall–Kier alpha value is -2.16. The highest BCUT2D eigenvalue weighted by Crippen LogP contribution is 2.19. The molecule has 1 aliphatic rings. The molecule has 0 saturated carbocycles. The predicted molar refractivity (Wildman–Crippen MR) is 85.5 cm³/mol. The number of aliphatic carboxylic acids is 1. The molecular weight excluding hydrogens is 316 g/mol. The van der Waals surface area contributed by atoms with E-state index in [0.29, 0.717) is 19.3 Å². The number of amides is 3. The summed E-state index contributed by atoms with van der Waals surface area (Å²) in [4.78, 5) is 48.3. The fourth-order valence-corrected chi connectivity index (χ4v) is 2.78. The van der Waals surface area contributed by atoms with Gasteiger partial charge in [0.05, 0.1) is 12.5 Å². The first-order valence-corrected chi connectivity index (χ1v) is 8.01. The largest absolute Gasteiger partial charge is 0.480 e. The summed E-state index contributed by atoms with van der Waals surface area (Å²) in [7, 11) is 0. The first-order valence-electron chi connectivity index (χ1n) is 8.01. The van der Waals surface area contributed by atoms with E-state index in [-0.39, 0.29) is 12.5 Å². The number of rotatable bonds is 8. The number of hydrogen-bond donors (Lipinski definition) is 4. The minimum Gasteiger partial charge on any atom is -0.480 e. The molecule has 0 spiro atoms. The van der Waals surface area contributed by atoms with Crippen molar-refractivity contribution in [3.8, 4) is 0 Å². The average molecular weight is 342 g/mol. The van der Waals surface area contributed by atoms with Gasteiger partial charge in [-0.2, -0.15) is 0 Å². The Morgan fingerprint density at radius 2 is 1.92 bits per heavy atom. The number of nitrogens with zero attached hydrogens (tertiary/aromatic N) is 1. The van der Waals surface area contributed by atoms with Gasteiger partial charge in [-0.05, 0) is 25.2 Å². The Labute approximate surface area is 140 Å². The van der Waals surface area contributed by atoms with Crippen molar-refractivity contribution in [3.63, 3.8) is 0 Å². The molecule has 3 unspecified atom stereocenters. The first kappa shape index (κ1) is 19.9. The van der Waals surface area contributed by atoms with Crippen molar-refractivity contribution in [1.29, 1.82) is 0 Å². The van der Waals surface area contributed by atoms with Crippen LogP contribution < -0.4 is 16.8 Å². The summed E-state index contributed by atoms with van der Waals surface area (Å²) in [5.74, 6) is -2.87. The highest BCUT2D eigenvalue weighted by molar-refractivity contribution is 5.94. The molecular formula is C15H26N4O5. The standard InChI is InChI=1S/C15H26N4O5/c1-8(2)6-9(16)13(21)18-10(7-12(17)20)14(22)19-5-3-4-11(19)15(23)24/h8-11H,3-7,16H2,1-2H3,(H2,17,20)(H,18,21)(H,23,24). The van der Waals surface area contributed by atoms with Gasteiger partial charge in [0, 0.05) is 6.54 Å². The first-order chi connectivity index (χ1) is 11.1. The number of nitrogens with one attached hydrogen (secondary N) is 1. The van der Waals surface area contributed by atoms with Gasteiger partial charge in [0.2, 0.25) is 17.7 Å². The number of carboxylic acid groups (broad SMARTS) is 1. The molecule has 0 aromatic heterocycles. The van der Waals surface area contributed by atoms with Crippen LogP contribution in [0.5, 0.6) is 0 Å². The average Bonchev–Trinajstić information content (AvgIpc) is 2.93. The van der Waals surface area contributed by atoms with Crippen LogP contribution >= 0.6 is 0 Å². The highest BCUT2D eigenvalue weighted by atomic mass is 16.4. The lowest BCUT2D eigenvalue weighted by atomic mass is 10.0. The Kier molecular flexibility index (Phi) is 7.15. The summed E-state index contributed by atoms with van der Waals surface area (Å²) in [6.07, 6.45) is 0.907. The topological polar surface area (TPSA) is 156 Å². The van der Waals surface area contributed by atoms with Crippen molar-refractivity contribution in [2.75, 3.05) is 6.54 Å². The molecule has 1 saturated heterocycles. The second kappa shape index (κ2) is 8.62. The Balaban J connectivity index is 2.84. The lowest BCUT2D eigenvalue weighted by Crippen LogP contribution is -2.55. The van der Waals surface area contributed by atoms with Crippen LogP contribution in [0, 0.1) is 5.92 Å². The summed E-state index contributed by atoms with van der Waals surface area (Å²) in [6, 6.07) is -2.97. The van der Waals surface area contributed by atoms with Crippen molar-refractivity contribution < 1.29 is 24.3 Å². The minimum absolute atomic E-state index is 0.186. The van der Waals surface area contributed by atoms with Crippen LogP contribution in [0.2, 0.25) is 0 Å². The van der Waals surface area contributed by atoms with Crippen LogP contribution in [0.25, 0.3) is 0 Å². The number of carbonyl (C=O) groups excluding carboxylic acids is 3. The zero-order chi connectivity index (χ0) is 18.4. The van der Waals surface area contributed by atoms with Gasteiger partial charge in [-0.15, -0.1) is 0 Å². The molecule has 1 rings (SSSR count). The number of nitrogens with two attached hydrogens (primary N) is 2. The molecule has 3 atom stereocenters. The van der Waals surface area contributed by atoms with Gasteiger partial charge in [0.25, 0.3) is 0 Å². The van der Waals surface area contributed by atoms with E-state index < -0.39 is 48.2 Å². The van der Waals surface area contributed by atoms with Crippen LogP contribution in [0.3, 0.4) is 0 Å². The van der Waals surface area contributed by atoms with E-state index in [2.05, 4.69) is 5.32 Å². The Morgan fingerprint density at radius 1 is 1.29 bits per heavy atom. The van der Waals surface area contributed by atoms with E-state index in [1.807, 2.05) is 13.8 Å². The van der Waals surface area contributed by atoms with Gasteiger partial charge in [0.15, 0.2) is 0 Å². The van der Waals surface area contributed by atoms with Crippen molar-refractivity contribution in [3.05, 3.63) is 0 Å². The smallest absolute Gasteiger partial charge is 0.326 e. The molecule has 0 bridgehead atoms. The van der Waals surface area contributed by atoms with Crippen LogP contribution in [0.1, 0.15) is 39.5 Å². The van der Waals surface area contributed by atoms with Crippen LogP contribution in [0.4, 0.5) is 0 Å². The molecule has 0 aromatic carbocycles. The number of carboxylic acids is 1. The van der Waals surface area contributed by atoms with Crippen molar-refractivity contribution >= 4 is 23.7 Å². The molecule has 1 heterocycles. The monoisotopic (exact) mass is 342 g/mol. The number of likely N-dealkylation sites (tertiary alicyclic amines) is 1. The van der Waals surface area contributed by atoms with E-state index >= 15 is 0 Å². The van der Waals surface area contributed by atoms with Gasteiger partial charge in [-0.3, -0.25) is 14.4 Å². The molecule has 3 amide bonds. The SMILES string of the molecule is CC(C)CC(N)C(=O)NC(CC(N)=O)C(=O)N1CCCC1C(=O)O. The van der Waals surface area contributed by atoms with Crippen LogP contribution in [-0.2, 0) is 19.2 Å². The molecule has 0 aromatic rings. The summed E-state index contributed by atoms with van der Waals surface area (Å²) in [6.45, 7) is 4.07. The summed E-state index contributed by atoms with van der Waals surface area (Å²) >= 11 is 0. The maximum absolute atomic E-state index is 12.6. The number of hydrogen-bond acceptors (Lipinski definition) is 5. The lowest BCUT2D eigenvalue weighted by molar-refractivity contribution is -0.149. The van der Waals surface area contributed by atoms with Gasteiger partial charge in [-0.1, -0.05) is 13.8 Å². The van der Waals surface area contributed by atoms with Crippen molar-refractivity contribution in [2.45, 2.75) is 57.7 Å². The Morgan fingerprint density at radius 3 is 2.42 bits per heavy atom. The second-order valence-corrected chi connectivity index (χ2v) is 6.50. The zero-order valence-electron chi connectivity index (χ0n) is 14.0. The normalized spacial score (nSPS) is 19.8. The van der Waals surface area contributed by atoms with Gasteiger partial charge >= 0.3 is 5.97 Å². The molecule has 6 N–H and O–H groups in total. The third-order valence-electron chi connectivity index (χ3n) is 3.90. The van der Waals surface area contributed by atoms with Gasteiger partial charge < -0.3 is 26.8 Å². The third-order valence-corrected chi connectivity index (χ3v) is 3.90. The molecule has 0 radical (unpaired) electrons. The molecule has 9 heteroatoms. The van der Waals surface area contributed by atoms with E-state index in [9.17, 15) is 24.3 Å². The Bertz CT molecular complexity index is 508. The van der Waals surface area contributed by atoms with Crippen molar-refractivity contribution in [1.82, 2.24) is 10.2 Å². The maximum Gasteiger partial charge on any atom is 0.326 e. The molecule has 1 aliphatic heterocycles. The second-order valence-electron chi connectivity index (χ2n) is 6.50.